The molecular weight excluding hydrogens is 335 g/mol. The number of aryl methyl sites for hydroxylation is 1. The number of amides is 1. The second kappa shape index (κ2) is 6.37. The molecule has 0 saturated heterocycles. The highest BCUT2D eigenvalue weighted by atomic mass is 32.2. The van der Waals surface area contributed by atoms with Gasteiger partial charge in [-0.15, -0.1) is 0 Å². The van der Waals surface area contributed by atoms with Crippen molar-refractivity contribution < 1.29 is 22.0 Å². The first-order valence-electron chi connectivity index (χ1n) is 7.19. The van der Waals surface area contributed by atoms with Gasteiger partial charge in [-0.3, -0.25) is 4.79 Å². The van der Waals surface area contributed by atoms with Gasteiger partial charge in [0.05, 0.1) is 5.69 Å². The molecule has 0 spiro atoms. The van der Waals surface area contributed by atoms with Crippen LogP contribution in [0.1, 0.15) is 36.9 Å². The molecule has 6 nitrogen and oxygen atoms in total. The fraction of sp³-hybridized carbons (Fsp3) is 0.312. The van der Waals surface area contributed by atoms with Crippen LogP contribution in [0.4, 0.5) is 10.1 Å². The van der Waals surface area contributed by atoms with Crippen molar-refractivity contribution in [1.29, 1.82) is 0 Å². The van der Waals surface area contributed by atoms with Crippen LogP contribution < -0.4 is 10.0 Å². The summed E-state index contributed by atoms with van der Waals surface area (Å²) in [4.78, 5) is 12.1. The number of carbonyl (C=O) groups is 1. The van der Waals surface area contributed by atoms with E-state index in [1.807, 2.05) is 0 Å². The first-order valence-corrected chi connectivity index (χ1v) is 8.67. The molecule has 0 unspecified atom stereocenters. The SMILES string of the molecule is Cc1ccc(F)c(NC(=O)c2ccc(S(=O)(=O)NC(C)(C)C)o2)c1. The Labute approximate surface area is 140 Å². The van der Waals surface area contributed by atoms with E-state index in [2.05, 4.69) is 10.0 Å². The molecule has 2 rings (SSSR count). The zero-order valence-electron chi connectivity index (χ0n) is 13.8. The van der Waals surface area contributed by atoms with E-state index in [-0.39, 0.29) is 16.5 Å². The monoisotopic (exact) mass is 354 g/mol. The maximum atomic E-state index is 13.7. The van der Waals surface area contributed by atoms with Crippen LogP contribution in [-0.4, -0.2) is 19.9 Å². The van der Waals surface area contributed by atoms with E-state index < -0.39 is 27.3 Å². The van der Waals surface area contributed by atoms with E-state index in [9.17, 15) is 17.6 Å². The molecular formula is C16H19FN2O4S. The summed E-state index contributed by atoms with van der Waals surface area (Å²) in [7, 11) is -3.89. The number of halogens is 1. The van der Waals surface area contributed by atoms with Crippen molar-refractivity contribution >= 4 is 21.6 Å². The molecule has 0 aliphatic rings. The van der Waals surface area contributed by atoms with Gasteiger partial charge in [0.1, 0.15) is 5.82 Å². The number of nitrogens with one attached hydrogen (secondary N) is 2. The minimum absolute atomic E-state index is 0.00590. The lowest BCUT2D eigenvalue weighted by molar-refractivity contribution is 0.0991. The normalized spacial score (nSPS) is 12.2. The van der Waals surface area contributed by atoms with Gasteiger partial charge in [0.25, 0.3) is 15.9 Å². The number of anilines is 1. The largest absolute Gasteiger partial charge is 0.438 e. The van der Waals surface area contributed by atoms with Crippen LogP contribution in [0.25, 0.3) is 0 Å². The lowest BCUT2D eigenvalue weighted by atomic mass is 10.1. The minimum atomic E-state index is -3.89. The molecule has 0 aliphatic heterocycles. The average molecular weight is 354 g/mol. The van der Waals surface area contributed by atoms with Gasteiger partial charge < -0.3 is 9.73 Å². The van der Waals surface area contributed by atoms with Crippen molar-refractivity contribution in [1.82, 2.24) is 4.72 Å². The molecule has 0 fully saturated rings. The van der Waals surface area contributed by atoms with Crippen LogP contribution in [0.3, 0.4) is 0 Å². The number of hydrogen-bond acceptors (Lipinski definition) is 4. The summed E-state index contributed by atoms with van der Waals surface area (Å²) in [5.41, 5.74) is 0.0658. The van der Waals surface area contributed by atoms with Crippen LogP contribution in [-0.2, 0) is 10.0 Å². The molecule has 0 atom stereocenters. The number of carbonyl (C=O) groups excluding carboxylic acids is 1. The molecule has 8 heteroatoms. The fourth-order valence-electron chi connectivity index (χ4n) is 1.96. The number of furan rings is 1. The molecule has 1 aromatic carbocycles. The van der Waals surface area contributed by atoms with Gasteiger partial charge in [0.2, 0.25) is 5.09 Å². The first kappa shape index (κ1) is 18.2. The Morgan fingerprint density at radius 2 is 1.83 bits per heavy atom. The van der Waals surface area contributed by atoms with E-state index in [1.165, 1.54) is 24.3 Å². The van der Waals surface area contributed by atoms with Crippen molar-refractivity contribution in [2.45, 2.75) is 38.3 Å². The molecule has 0 aliphatic carbocycles. The van der Waals surface area contributed by atoms with Crippen LogP contribution in [0.2, 0.25) is 0 Å². The highest BCUT2D eigenvalue weighted by Crippen LogP contribution is 2.20. The van der Waals surface area contributed by atoms with Crippen molar-refractivity contribution in [3.05, 3.63) is 47.5 Å². The van der Waals surface area contributed by atoms with Crippen LogP contribution >= 0.6 is 0 Å². The highest BCUT2D eigenvalue weighted by Gasteiger charge is 2.26. The Balaban J connectivity index is 2.21. The van der Waals surface area contributed by atoms with Crippen molar-refractivity contribution in [2.75, 3.05) is 5.32 Å². The summed E-state index contributed by atoms with van der Waals surface area (Å²) in [5.74, 6) is -1.57. The van der Waals surface area contributed by atoms with Crippen LogP contribution in [0.5, 0.6) is 0 Å². The van der Waals surface area contributed by atoms with Crippen molar-refractivity contribution in [3.8, 4) is 0 Å². The van der Waals surface area contributed by atoms with Gasteiger partial charge in [-0.25, -0.2) is 17.5 Å². The van der Waals surface area contributed by atoms with E-state index in [0.29, 0.717) is 0 Å². The molecule has 130 valence electrons. The zero-order chi connectivity index (χ0) is 18.1. The standard InChI is InChI=1S/C16H19FN2O4S/c1-10-5-6-11(17)12(9-10)18-15(20)13-7-8-14(23-13)24(21,22)19-16(2,3)4/h5-9,19H,1-4H3,(H,18,20). The summed E-state index contributed by atoms with van der Waals surface area (Å²) in [6.07, 6.45) is 0. The first-order chi connectivity index (χ1) is 11.0. The van der Waals surface area contributed by atoms with Crippen molar-refractivity contribution in [2.24, 2.45) is 0 Å². The fourth-order valence-corrected chi connectivity index (χ4v) is 3.31. The third-order valence-corrected chi connectivity index (χ3v) is 4.51. The Morgan fingerprint density at radius 3 is 2.46 bits per heavy atom. The van der Waals surface area contributed by atoms with Crippen LogP contribution in [0, 0.1) is 12.7 Å². The maximum Gasteiger partial charge on any atom is 0.291 e. The van der Waals surface area contributed by atoms with Gasteiger partial charge >= 0.3 is 0 Å². The minimum Gasteiger partial charge on any atom is -0.438 e. The molecule has 1 amide bonds. The lowest BCUT2D eigenvalue weighted by Crippen LogP contribution is -2.40. The number of rotatable bonds is 4. The number of hydrogen-bond donors (Lipinski definition) is 2. The van der Waals surface area contributed by atoms with Gasteiger partial charge in [0, 0.05) is 5.54 Å². The Kier molecular flexibility index (Phi) is 4.82. The second-order valence-electron chi connectivity index (χ2n) is 6.41. The number of benzene rings is 1. The van der Waals surface area contributed by atoms with E-state index in [0.717, 1.165) is 5.56 Å². The van der Waals surface area contributed by atoms with Gasteiger partial charge in [-0.05, 0) is 57.5 Å². The Hall–Kier alpha value is -2.19. The smallest absolute Gasteiger partial charge is 0.291 e. The maximum absolute atomic E-state index is 13.7. The summed E-state index contributed by atoms with van der Waals surface area (Å²) in [6, 6.07) is 6.67. The van der Waals surface area contributed by atoms with Gasteiger partial charge in [0.15, 0.2) is 5.76 Å². The molecule has 2 N–H and O–H groups in total. The summed E-state index contributed by atoms with van der Waals surface area (Å²) in [5, 5.41) is 1.98. The molecule has 2 aromatic rings. The molecule has 1 aromatic heterocycles. The third-order valence-electron chi connectivity index (χ3n) is 2.88. The average Bonchev–Trinajstić information content (AvgIpc) is 2.91. The summed E-state index contributed by atoms with van der Waals surface area (Å²) < 4.78 is 45.5. The lowest BCUT2D eigenvalue weighted by Gasteiger charge is -2.18. The molecule has 24 heavy (non-hydrogen) atoms. The predicted molar refractivity (Wildman–Crippen MR) is 87.9 cm³/mol. The summed E-state index contributed by atoms with van der Waals surface area (Å²) >= 11 is 0. The highest BCUT2D eigenvalue weighted by molar-refractivity contribution is 7.89. The Bertz CT molecular complexity index is 866. The Morgan fingerprint density at radius 1 is 1.17 bits per heavy atom. The van der Waals surface area contributed by atoms with Crippen molar-refractivity contribution in [3.63, 3.8) is 0 Å². The topological polar surface area (TPSA) is 88.4 Å². The molecule has 1 heterocycles. The molecule has 0 saturated carbocycles. The van der Waals surface area contributed by atoms with E-state index in [4.69, 9.17) is 4.42 Å². The van der Waals surface area contributed by atoms with Crippen LogP contribution in [0.15, 0.2) is 39.8 Å². The zero-order valence-corrected chi connectivity index (χ0v) is 14.6. The number of sulfonamides is 1. The molecule has 0 radical (unpaired) electrons. The molecule has 0 bridgehead atoms. The van der Waals surface area contributed by atoms with E-state index >= 15 is 0 Å². The predicted octanol–water partition coefficient (Wildman–Crippen LogP) is 3.06. The quantitative estimate of drug-likeness (QED) is 0.883. The van der Waals surface area contributed by atoms with Gasteiger partial charge in [-0.2, -0.15) is 0 Å². The van der Waals surface area contributed by atoms with E-state index in [1.54, 1.807) is 33.8 Å². The second-order valence-corrected chi connectivity index (χ2v) is 8.02. The third kappa shape index (κ3) is 4.42. The summed E-state index contributed by atoms with van der Waals surface area (Å²) in [6.45, 7) is 6.80. The van der Waals surface area contributed by atoms with Gasteiger partial charge in [-0.1, -0.05) is 6.07 Å².